The second kappa shape index (κ2) is 7.17. The molecule has 1 N–H and O–H groups in total. The lowest BCUT2D eigenvalue weighted by atomic mass is 9.86. The maximum absolute atomic E-state index is 13.6. The summed E-state index contributed by atoms with van der Waals surface area (Å²) in [6, 6.07) is 4.70. The zero-order valence-electron chi connectivity index (χ0n) is 12.4. The Labute approximate surface area is 128 Å². The van der Waals surface area contributed by atoms with E-state index < -0.39 is 17.5 Å². The summed E-state index contributed by atoms with van der Waals surface area (Å²) >= 11 is 0. The van der Waals surface area contributed by atoms with Crippen molar-refractivity contribution in [3.05, 3.63) is 41.0 Å². The van der Waals surface area contributed by atoms with Crippen molar-refractivity contribution in [3.8, 4) is 6.07 Å². The summed E-state index contributed by atoms with van der Waals surface area (Å²) < 4.78 is 26.7. The minimum atomic E-state index is -0.673. The zero-order valence-corrected chi connectivity index (χ0v) is 12.4. The van der Waals surface area contributed by atoms with E-state index in [0.717, 1.165) is 50.0 Å². The maximum atomic E-state index is 13.6. The molecule has 2 atom stereocenters. The highest BCUT2D eigenvalue weighted by molar-refractivity contribution is 6.01. The number of amides is 1. The van der Waals surface area contributed by atoms with Gasteiger partial charge in [-0.05, 0) is 43.0 Å². The standard InChI is InChI=1S/C17H18F2N2O/c1-11-4-2-3-5-16(11)21-17(22)13(10-20)8-12-9-14(18)6-7-15(12)19/h6-9,11,16H,2-5H2,1H3,(H,21,22)/b13-8+. The Hall–Kier alpha value is -2.22. The number of nitrogens with zero attached hydrogens (tertiary/aromatic N) is 1. The van der Waals surface area contributed by atoms with Crippen LogP contribution in [0.1, 0.15) is 38.2 Å². The van der Waals surface area contributed by atoms with Crippen LogP contribution in [0.2, 0.25) is 0 Å². The first-order chi connectivity index (χ1) is 10.5. The van der Waals surface area contributed by atoms with Crippen LogP contribution in [0.5, 0.6) is 0 Å². The Morgan fingerprint density at radius 2 is 2.09 bits per heavy atom. The van der Waals surface area contributed by atoms with Gasteiger partial charge in [0.1, 0.15) is 23.3 Å². The smallest absolute Gasteiger partial charge is 0.262 e. The average molecular weight is 304 g/mol. The van der Waals surface area contributed by atoms with E-state index in [0.29, 0.717) is 5.92 Å². The highest BCUT2D eigenvalue weighted by atomic mass is 19.1. The molecule has 3 nitrogen and oxygen atoms in total. The molecule has 0 radical (unpaired) electrons. The third-order valence-corrected chi connectivity index (χ3v) is 4.05. The summed E-state index contributed by atoms with van der Waals surface area (Å²) in [5.41, 5.74) is -0.328. The number of hydrogen-bond donors (Lipinski definition) is 1. The molecule has 0 heterocycles. The largest absolute Gasteiger partial charge is 0.348 e. The lowest BCUT2D eigenvalue weighted by Gasteiger charge is -2.29. The Morgan fingerprint density at radius 1 is 1.36 bits per heavy atom. The molecule has 0 spiro atoms. The van der Waals surface area contributed by atoms with Gasteiger partial charge >= 0.3 is 0 Å². The van der Waals surface area contributed by atoms with E-state index in [-0.39, 0.29) is 17.2 Å². The van der Waals surface area contributed by atoms with Gasteiger partial charge in [0.25, 0.3) is 5.91 Å². The van der Waals surface area contributed by atoms with E-state index in [4.69, 9.17) is 5.26 Å². The summed E-state index contributed by atoms with van der Waals surface area (Å²) in [5, 5.41) is 11.9. The number of halogens is 2. The minimum Gasteiger partial charge on any atom is -0.348 e. The Kier molecular flexibility index (Phi) is 5.26. The van der Waals surface area contributed by atoms with Crippen molar-refractivity contribution < 1.29 is 13.6 Å². The van der Waals surface area contributed by atoms with Gasteiger partial charge in [-0.15, -0.1) is 0 Å². The zero-order chi connectivity index (χ0) is 16.1. The number of carbonyl (C=O) groups is 1. The predicted octanol–water partition coefficient (Wildman–Crippen LogP) is 3.57. The van der Waals surface area contributed by atoms with Gasteiger partial charge in [0.2, 0.25) is 0 Å². The lowest BCUT2D eigenvalue weighted by Crippen LogP contribution is -2.41. The van der Waals surface area contributed by atoms with E-state index in [1.165, 1.54) is 0 Å². The molecule has 22 heavy (non-hydrogen) atoms. The molecule has 1 saturated carbocycles. The maximum Gasteiger partial charge on any atom is 0.262 e. The molecule has 1 aromatic carbocycles. The van der Waals surface area contributed by atoms with Gasteiger partial charge in [-0.2, -0.15) is 5.26 Å². The van der Waals surface area contributed by atoms with Gasteiger partial charge in [-0.1, -0.05) is 19.8 Å². The van der Waals surface area contributed by atoms with Gasteiger partial charge in [-0.25, -0.2) is 8.78 Å². The van der Waals surface area contributed by atoms with Crippen molar-refractivity contribution >= 4 is 12.0 Å². The van der Waals surface area contributed by atoms with E-state index >= 15 is 0 Å². The molecule has 2 unspecified atom stereocenters. The van der Waals surface area contributed by atoms with Crippen molar-refractivity contribution in [1.82, 2.24) is 5.32 Å². The SMILES string of the molecule is CC1CCCCC1NC(=O)/C(C#N)=C/c1cc(F)ccc1F. The van der Waals surface area contributed by atoms with Crippen molar-refractivity contribution in [2.45, 2.75) is 38.6 Å². The summed E-state index contributed by atoms with van der Waals surface area (Å²) in [6.45, 7) is 2.06. The van der Waals surface area contributed by atoms with Crippen LogP contribution in [0.3, 0.4) is 0 Å². The first-order valence-electron chi connectivity index (χ1n) is 7.39. The van der Waals surface area contributed by atoms with E-state index in [9.17, 15) is 13.6 Å². The quantitative estimate of drug-likeness (QED) is 0.685. The van der Waals surface area contributed by atoms with Crippen LogP contribution < -0.4 is 5.32 Å². The van der Waals surface area contributed by atoms with Gasteiger partial charge in [0, 0.05) is 11.6 Å². The molecule has 0 saturated heterocycles. The van der Waals surface area contributed by atoms with Gasteiger partial charge in [0.15, 0.2) is 0 Å². The van der Waals surface area contributed by atoms with Crippen molar-refractivity contribution in [2.75, 3.05) is 0 Å². The van der Waals surface area contributed by atoms with Crippen LogP contribution >= 0.6 is 0 Å². The lowest BCUT2D eigenvalue weighted by molar-refractivity contribution is -0.118. The fourth-order valence-electron chi connectivity index (χ4n) is 2.71. The van der Waals surface area contributed by atoms with E-state index in [1.807, 2.05) is 0 Å². The number of rotatable bonds is 3. The fourth-order valence-corrected chi connectivity index (χ4v) is 2.71. The fraction of sp³-hybridized carbons (Fsp3) is 0.412. The average Bonchev–Trinajstić information content (AvgIpc) is 2.50. The molecule has 1 aromatic rings. The number of hydrogen-bond acceptors (Lipinski definition) is 2. The third kappa shape index (κ3) is 3.91. The molecular weight excluding hydrogens is 286 g/mol. The Balaban J connectivity index is 2.16. The number of benzene rings is 1. The second-order valence-electron chi connectivity index (χ2n) is 5.68. The van der Waals surface area contributed by atoms with Gasteiger partial charge in [-0.3, -0.25) is 4.79 Å². The van der Waals surface area contributed by atoms with Crippen LogP contribution in [0.25, 0.3) is 6.08 Å². The Bertz CT molecular complexity index is 634. The summed E-state index contributed by atoms with van der Waals surface area (Å²) in [5.74, 6) is -1.48. The molecule has 116 valence electrons. The second-order valence-corrected chi connectivity index (χ2v) is 5.68. The van der Waals surface area contributed by atoms with Crippen molar-refractivity contribution in [3.63, 3.8) is 0 Å². The predicted molar refractivity (Wildman–Crippen MR) is 79.5 cm³/mol. The normalized spacial score (nSPS) is 22.0. The highest BCUT2D eigenvalue weighted by Crippen LogP contribution is 2.24. The van der Waals surface area contributed by atoms with Gasteiger partial charge in [0.05, 0.1) is 0 Å². The molecule has 1 aliphatic rings. The first kappa shape index (κ1) is 16.2. The van der Waals surface area contributed by atoms with Crippen LogP contribution in [-0.4, -0.2) is 11.9 Å². The molecule has 0 aliphatic heterocycles. The summed E-state index contributed by atoms with van der Waals surface area (Å²) in [6.07, 6.45) is 5.18. The van der Waals surface area contributed by atoms with E-state index in [2.05, 4.69) is 12.2 Å². The number of carbonyl (C=O) groups excluding carboxylic acids is 1. The Morgan fingerprint density at radius 3 is 2.77 bits per heavy atom. The minimum absolute atomic E-state index is 0.0235. The molecule has 1 aliphatic carbocycles. The number of nitriles is 1. The topological polar surface area (TPSA) is 52.9 Å². The van der Waals surface area contributed by atoms with Gasteiger partial charge < -0.3 is 5.32 Å². The monoisotopic (exact) mass is 304 g/mol. The van der Waals surface area contributed by atoms with Crippen LogP contribution in [-0.2, 0) is 4.79 Å². The molecular formula is C17H18F2N2O. The molecule has 2 rings (SSSR count). The third-order valence-electron chi connectivity index (χ3n) is 4.05. The molecule has 0 aromatic heterocycles. The first-order valence-corrected chi connectivity index (χ1v) is 7.39. The van der Waals surface area contributed by atoms with Crippen LogP contribution in [0.15, 0.2) is 23.8 Å². The van der Waals surface area contributed by atoms with E-state index in [1.54, 1.807) is 6.07 Å². The number of nitrogens with one attached hydrogen (secondary N) is 1. The summed E-state index contributed by atoms with van der Waals surface area (Å²) in [7, 11) is 0. The highest BCUT2D eigenvalue weighted by Gasteiger charge is 2.24. The molecule has 0 bridgehead atoms. The molecule has 1 amide bonds. The molecule has 1 fully saturated rings. The van der Waals surface area contributed by atoms with Crippen LogP contribution in [0.4, 0.5) is 8.78 Å². The summed E-state index contributed by atoms with van der Waals surface area (Å²) in [4.78, 5) is 12.2. The van der Waals surface area contributed by atoms with Crippen molar-refractivity contribution in [2.24, 2.45) is 5.92 Å². The molecule has 5 heteroatoms. The van der Waals surface area contributed by atoms with Crippen molar-refractivity contribution in [1.29, 1.82) is 5.26 Å². The van der Waals surface area contributed by atoms with Crippen LogP contribution in [0, 0.1) is 28.9 Å².